The number of benzene rings is 2. The fraction of sp³-hybridized carbons (Fsp3) is 0.280. The molecule has 9 nitrogen and oxygen atoms in total. The van der Waals surface area contributed by atoms with E-state index in [1.807, 2.05) is 42.5 Å². The fourth-order valence-corrected chi connectivity index (χ4v) is 4.22. The number of hydrogen-bond acceptors (Lipinski definition) is 5. The highest BCUT2D eigenvalue weighted by molar-refractivity contribution is 6.11. The van der Waals surface area contributed by atoms with Crippen molar-refractivity contribution in [2.75, 3.05) is 19.0 Å². The van der Waals surface area contributed by atoms with E-state index < -0.39 is 24.0 Å². The number of amides is 3. The van der Waals surface area contributed by atoms with E-state index in [1.54, 1.807) is 19.2 Å². The lowest BCUT2D eigenvalue weighted by molar-refractivity contribution is -0.139. The van der Waals surface area contributed by atoms with Gasteiger partial charge in [-0.2, -0.15) is 0 Å². The van der Waals surface area contributed by atoms with E-state index in [9.17, 15) is 19.2 Å². The van der Waals surface area contributed by atoms with E-state index in [1.165, 1.54) is 4.90 Å². The number of methoxy groups -OCH3 is 1. The molecule has 0 aromatic heterocycles. The molecule has 0 bridgehead atoms. The minimum absolute atomic E-state index is 0.182. The highest BCUT2D eigenvalue weighted by atomic mass is 16.5. The summed E-state index contributed by atoms with van der Waals surface area (Å²) in [6.45, 7) is 0.312. The first-order valence-electron chi connectivity index (χ1n) is 10.9. The number of carboxylic acids is 1. The van der Waals surface area contributed by atoms with Crippen molar-refractivity contribution in [2.45, 2.75) is 31.3 Å². The molecular weight excluding hydrogens is 438 g/mol. The van der Waals surface area contributed by atoms with E-state index in [0.29, 0.717) is 24.2 Å². The van der Waals surface area contributed by atoms with Crippen LogP contribution in [0.3, 0.4) is 0 Å². The molecule has 2 heterocycles. The second kappa shape index (κ2) is 9.78. The zero-order valence-corrected chi connectivity index (χ0v) is 18.6. The molecule has 0 aliphatic carbocycles. The average Bonchev–Trinajstić information content (AvgIpc) is 3.21. The van der Waals surface area contributed by atoms with Crippen molar-refractivity contribution in [3.8, 4) is 5.75 Å². The standard InChI is InChI=1S/C25H25N3O6/c1-34-17-7-4-15(5-8-17)2-3-16-6-9-19-18(14-16)25(33)28-13-12-20(23(28)24(32)27-19)26-21(29)10-11-22(30)31/h2-9,14,20,23H,10-13H2,1H3,(H,26,29)(H,27,32)(H,30,31)/b3-2+/t20-,23-/m0/s1. The van der Waals surface area contributed by atoms with Crippen LogP contribution in [0.4, 0.5) is 5.69 Å². The molecule has 0 spiro atoms. The van der Waals surface area contributed by atoms with Crippen LogP contribution in [0.15, 0.2) is 42.5 Å². The van der Waals surface area contributed by atoms with Gasteiger partial charge in [-0.25, -0.2) is 0 Å². The van der Waals surface area contributed by atoms with E-state index in [4.69, 9.17) is 9.84 Å². The summed E-state index contributed by atoms with van der Waals surface area (Å²) >= 11 is 0. The van der Waals surface area contributed by atoms with Gasteiger partial charge in [-0.05, 0) is 41.8 Å². The number of carbonyl (C=O) groups excluding carboxylic acids is 3. The molecule has 176 valence electrons. The Hall–Kier alpha value is -4.14. The topological polar surface area (TPSA) is 125 Å². The molecule has 0 saturated carbocycles. The Bertz CT molecular complexity index is 1160. The van der Waals surface area contributed by atoms with Gasteiger partial charge in [0.2, 0.25) is 11.8 Å². The van der Waals surface area contributed by atoms with Crippen molar-refractivity contribution in [3.05, 3.63) is 59.2 Å². The fourth-order valence-electron chi connectivity index (χ4n) is 4.22. The van der Waals surface area contributed by atoms with Crippen molar-refractivity contribution in [2.24, 2.45) is 0 Å². The molecule has 0 unspecified atom stereocenters. The van der Waals surface area contributed by atoms with Gasteiger partial charge in [0.05, 0.1) is 30.8 Å². The Morgan fingerprint density at radius 1 is 1.12 bits per heavy atom. The van der Waals surface area contributed by atoms with Crippen molar-refractivity contribution in [3.63, 3.8) is 0 Å². The zero-order valence-electron chi connectivity index (χ0n) is 18.6. The second-order valence-corrected chi connectivity index (χ2v) is 8.20. The molecule has 0 radical (unpaired) electrons. The van der Waals surface area contributed by atoms with E-state index in [-0.39, 0.29) is 24.7 Å². The lowest BCUT2D eigenvalue weighted by Crippen LogP contribution is -2.51. The largest absolute Gasteiger partial charge is 0.497 e. The Morgan fingerprint density at radius 3 is 2.53 bits per heavy atom. The van der Waals surface area contributed by atoms with E-state index in [0.717, 1.165) is 16.9 Å². The van der Waals surface area contributed by atoms with Gasteiger partial charge in [-0.3, -0.25) is 19.2 Å². The molecule has 1 saturated heterocycles. The molecule has 3 N–H and O–H groups in total. The zero-order chi connectivity index (χ0) is 24.2. The van der Waals surface area contributed by atoms with Crippen LogP contribution in [0.2, 0.25) is 0 Å². The lowest BCUT2D eigenvalue weighted by Gasteiger charge is -2.24. The maximum atomic E-state index is 13.3. The summed E-state index contributed by atoms with van der Waals surface area (Å²) in [6.07, 6.45) is 3.74. The highest BCUT2D eigenvalue weighted by Crippen LogP contribution is 2.30. The van der Waals surface area contributed by atoms with Gasteiger partial charge in [0.15, 0.2) is 0 Å². The van der Waals surface area contributed by atoms with Gasteiger partial charge in [0.1, 0.15) is 11.8 Å². The minimum atomic E-state index is -1.07. The van der Waals surface area contributed by atoms with Crippen molar-refractivity contribution in [1.82, 2.24) is 10.2 Å². The monoisotopic (exact) mass is 463 g/mol. The predicted octanol–water partition coefficient (Wildman–Crippen LogP) is 2.38. The number of fused-ring (bicyclic) bond motifs is 2. The number of aliphatic carboxylic acids is 1. The molecule has 9 heteroatoms. The summed E-state index contributed by atoms with van der Waals surface area (Å²) in [6, 6.07) is 11.4. The molecule has 1 fully saturated rings. The van der Waals surface area contributed by atoms with Crippen LogP contribution in [0.5, 0.6) is 5.75 Å². The normalized spacial score (nSPS) is 19.3. The van der Waals surface area contributed by atoms with Crippen LogP contribution in [0.25, 0.3) is 12.2 Å². The molecule has 4 rings (SSSR count). The van der Waals surface area contributed by atoms with Crippen molar-refractivity contribution >= 4 is 41.5 Å². The summed E-state index contributed by atoms with van der Waals surface area (Å²) < 4.78 is 5.16. The maximum absolute atomic E-state index is 13.3. The lowest BCUT2D eigenvalue weighted by atomic mass is 10.1. The second-order valence-electron chi connectivity index (χ2n) is 8.20. The van der Waals surface area contributed by atoms with Gasteiger partial charge < -0.3 is 25.4 Å². The van der Waals surface area contributed by atoms with Crippen molar-refractivity contribution in [1.29, 1.82) is 0 Å². The van der Waals surface area contributed by atoms with Crippen LogP contribution in [-0.4, -0.2) is 59.4 Å². The quantitative estimate of drug-likeness (QED) is 0.542. The number of hydrogen-bond donors (Lipinski definition) is 3. The van der Waals surface area contributed by atoms with Crippen LogP contribution in [-0.2, 0) is 14.4 Å². The molecule has 2 aliphatic heterocycles. The molecule has 2 aromatic rings. The highest BCUT2D eigenvalue weighted by Gasteiger charge is 2.45. The van der Waals surface area contributed by atoms with Crippen molar-refractivity contribution < 1.29 is 29.0 Å². The molecule has 34 heavy (non-hydrogen) atoms. The van der Waals surface area contributed by atoms with E-state index >= 15 is 0 Å². The smallest absolute Gasteiger partial charge is 0.303 e. The number of nitrogens with one attached hydrogen (secondary N) is 2. The Labute approximate surface area is 196 Å². The van der Waals surface area contributed by atoms with E-state index in [2.05, 4.69) is 10.6 Å². The first kappa shape index (κ1) is 23.0. The third-order valence-corrected chi connectivity index (χ3v) is 5.96. The van der Waals surface area contributed by atoms with Crippen LogP contribution in [0.1, 0.15) is 40.7 Å². The molecular formula is C25H25N3O6. The summed E-state index contributed by atoms with van der Waals surface area (Å²) in [4.78, 5) is 50.5. The van der Waals surface area contributed by atoms with Crippen LogP contribution < -0.4 is 15.4 Å². The third kappa shape index (κ3) is 4.93. The van der Waals surface area contributed by atoms with Crippen LogP contribution >= 0.6 is 0 Å². The minimum Gasteiger partial charge on any atom is -0.497 e. The van der Waals surface area contributed by atoms with Gasteiger partial charge in [-0.1, -0.05) is 30.4 Å². The summed E-state index contributed by atoms with van der Waals surface area (Å²) in [5, 5.41) is 14.3. The third-order valence-electron chi connectivity index (χ3n) is 5.96. The molecule has 2 aliphatic rings. The molecule has 2 atom stereocenters. The molecule has 3 amide bonds. The summed E-state index contributed by atoms with van der Waals surface area (Å²) in [7, 11) is 1.61. The van der Waals surface area contributed by atoms with Gasteiger partial charge in [0.25, 0.3) is 5.91 Å². The SMILES string of the molecule is COc1ccc(/C=C/c2ccc3c(c2)C(=O)N2CC[C@H](NC(=O)CCC(=O)O)[C@H]2C(=O)N3)cc1. The number of carbonyl (C=O) groups is 4. The number of rotatable bonds is 7. The average molecular weight is 463 g/mol. The number of nitrogens with zero attached hydrogens (tertiary/aromatic N) is 1. The number of anilines is 1. The first-order chi connectivity index (χ1) is 16.4. The first-order valence-corrected chi connectivity index (χ1v) is 10.9. The number of ether oxygens (including phenoxy) is 1. The van der Waals surface area contributed by atoms with Gasteiger partial charge in [-0.15, -0.1) is 0 Å². The van der Waals surface area contributed by atoms with Gasteiger partial charge >= 0.3 is 5.97 Å². The maximum Gasteiger partial charge on any atom is 0.303 e. The molecule has 2 aromatic carbocycles. The Morgan fingerprint density at radius 2 is 1.82 bits per heavy atom. The summed E-state index contributed by atoms with van der Waals surface area (Å²) in [5.41, 5.74) is 2.57. The predicted molar refractivity (Wildman–Crippen MR) is 125 cm³/mol. The van der Waals surface area contributed by atoms with Crippen LogP contribution in [0, 0.1) is 0 Å². The van der Waals surface area contributed by atoms with Gasteiger partial charge in [0, 0.05) is 13.0 Å². The summed E-state index contributed by atoms with van der Waals surface area (Å²) in [5.74, 6) is -1.44. The Balaban J connectivity index is 1.51. The Kier molecular flexibility index (Phi) is 6.62. The number of carboxylic acid groups (broad SMARTS) is 1.